The van der Waals surface area contributed by atoms with Gasteiger partial charge in [-0.3, -0.25) is 0 Å². The second kappa shape index (κ2) is 9.41. The number of hydrogen-bond acceptors (Lipinski definition) is 5. The molecule has 0 N–H and O–H groups in total. The fourth-order valence-electron chi connectivity index (χ4n) is 2.13. The standard InChI is InChI=1S/C19H22ClNO2S2/c1-12(2)8-9-22-18-11-15(6-7-17(18)20)21-19(25-24-5)16-10-13(3)23-14(16)4/h6-8,10-11H,9H2,1-5H3. The first kappa shape index (κ1) is 20.0. The quantitative estimate of drug-likeness (QED) is 0.228. The van der Waals surface area contributed by atoms with E-state index >= 15 is 0 Å². The summed E-state index contributed by atoms with van der Waals surface area (Å²) in [7, 11) is 3.25. The fourth-order valence-corrected chi connectivity index (χ4v) is 3.75. The van der Waals surface area contributed by atoms with Crippen molar-refractivity contribution in [2.24, 2.45) is 4.99 Å². The zero-order valence-corrected chi connectivity index (χ0v) is 17.4. The average Bonchev–Trinajstić information content (AvgIpc) is 2.88. The van der Waals surface area contributed by atoms with Crippen LogP contribution < -0.4 is 4.74 Å². The summed E-state index contributed by atoms with van der Waals surface area (Å²) in [4.78, 5) is 4.78. The highest BCUT2D eigenvalue weighted by molar-refractivity contribution is 8.82. The predicted octanol–water partition coefficient (Wildman–Crippen LogP) is 6.98. The van der Waals surface area contributed by atoms with Crippen molar-refractivity contribution in [1.82, 2.24) is 0 Å². The van der Waals surface area contributed by atoms with Gasteiger partial charge in [0.15, 0.2) is 0 Å². The largest absolute Gasteiger partial charge is 0.488 e. The second-order valence-electron chi connectivity index (χ2n) is 5.70. The molecule has 0 saturated carbocycles. The van der Waals surface area contributed by atoms with Crippen LogP contribution in [0.5, 0.6) is 5.75 Å². The molecule has 2 rings (SSSR count). The molecule has 25 heavy (non-hydrogen) atoms. The maximum atomic E-state index is 6.24. The topological polar surface area (TPSA) is 34.7 Å². The zero-order chi connectivity index (χ0) is 18.4. The van der Waals surface area contributed by atoms with Crippen molar-refractivity contribution in [3.63, 3.8) is 0 Å². The molecular weight excluding hydrogens is 374 g/mol. The second-order valence-corrected chi connectivity index (χ2v) is 8.49. The number of aliphatic imine (C=N–C) groups is 1. The Bertz CT molecular complexity index is 793. The maximum Gasteiger partial charge on any atom is 0.140 e. The summed E-state index contributed by atoms with van der Waals surface area (Å²) in [6, 6.07) is 7.58. The summed E-state index contributed by atoms with van der Waals surface area (Å²) >= 11 is 6.24. The van der Waals surface area contributed by atoms with E-state index in [1.54, 1.807) is 21.6 Å². The lowest BCUT2D eigenvalue weighted by Crippen LogP contribution is -1.96. The molecule has 0 fully saturated rings. The minimum atomic E-state index is 0.488. The molecule has 0 atom stereocenters. The van der Waals surface area contributed by atoms with Crippen LogP contribution >= 0.6 is 33.2 Å². The van der Waals surface area contributed by atoms with E-state index in [4.69, 9.17) is 25.7 Å². The Hall–Kier alpha value is -1.30. The monoisotopic (exact) mass is 395 g/mol. The highest BCUT2D eigenvalue weighted by Crippen LogP contribution is 2.33. The van der Waals surface area contributed by atoms with Gasteiger partial charge in [-0.2, -0.15) is 0 Å². The van der Waals surface area contributed by atoms with E-state index in [1.165, 1.54) is 5.57 Å². The molecule has 0 aliphatic heterocycles. The van der Waals surface area contributed by atoms with E-state index in [9.17, 15) is 0 Å². The molecule has 0 unspecified atom stereocenters. The Morgan fingerprint density at radius 2 is 2.04 bits per heavy atom. The lowest BCUT2D eigenvalue weighted by atomic mass is 10.2. The first-order valence-corrected chi connectivity index (χ1v) is 10.8. The van der Waals surface area contributed by atoms with Crippen molar-refractivity contribution in [2.45, 2.75) is 27.7 Å². The number of allylic oxidation sites excluding steroid dienone is 1. The molecule has 6 heteroatoms. The average molecular weight is 396 g/mol. The van der Waals surface area contributed by atoms with E-state index in [-0.39, 0.29) is 0 Å². The number of benzene rings is 1. The fraction of sp³-hybridized carbons (Fsp3) is 0.316. The Kier molecular flexibility index (Phi) is 7.54. The number of hydrogen-bond donors (Lipinski definition) is 0. The number of halogens is 1. The van der Waals surface area contributed by atoms with Gasteiger partial charge in [0, 0.05) is 11.6 Å². The molecule has 0 aliphatic rings. The summed E-state index contributed by atoms with van der Waals surface area (Å²) in [5.41, 5.74) is 3.01. The molecule has 134 valence electrons. The Balaban J connectivity index is 2.33. The van der Waals surface area contributed by atoms with Crippen molar-refractivity contribution in [1.29, 1.82) is 0 Å². The van der Waals surface area contributed by atoms with Gasteiger partial charge >= 0.3 is 0 Å². The van der Waals surface area contributed by atoms with Gasteiger partial charge in [0.2, 0.25) is 0 Å². The third kappa shape index (κ3) is 5.87. The van der Waals surface area contributed by atoms with Crippen LogP contribution in [0.15, 0.2) is 45.3 Å². The smallest absolute Gasteiger partial charge is 0.140 e. The van der Waals surface area contributed by atoms with Crippen LogP contribution in [0.25, 0.3) is 0 Å². The molecule has 0 amide bonds. The van der Waals surface area contributed by atoms with Crippen LogP contribution in [0.4, 0.5) is 5.69 Å². The van der Waals surface area contributed by atoms with Gasteiger partial charge in [-0.1, -0.05) is 28.0 Å². The van der Waals surface area contributed by atoms with Crippen LogP contribution in [0, 0.1) is 13.8 Å². The first-order valence-electron chi connectivity index (χ1n) is 7.83. The Morgan fingerprint density at radius 1 is 1.28 bits per heavy atom. The minimum Gasteiger partial charge on any atom is -0.488 e. The van der Waals surface area contributed by atoms with Crippen molar-refractivity contribution >= 4 is 43.9 Å². The maximum absolute atomic E-state index is 6.24. The number of aryl methyl sites for hydroxylation is 2. The highest BCUT2D eigenvalue weighted by Gasteiger charge is 2.13. The molecule has 1 heterocycles. The highest BCUT2D eigenvalue weighted by atomic mass is 35.5. The Morgan fingerprint density at radius 3 is 2.64 bits per heavy atom. The van der Waals surface area contributed by atoms with E-state index in [1.807, 2.05) is 64.3 Å². The van der Waals surface area contributed by atoms with Crippen LogP contribution in [0.1, 0.15) is 30.9 Å². The van der Waals surface area contributed by atoms with Gasteiger partial charge in [-0.05, 0) is 69.0 Å². The number of nitrogens with zero attached hydrogens (tertiary/aromatic N) is 1. The Labute approximate surface area is 162 Å². The molecule has 1 aromatic carbocycles. The predicted molar refractivity (Wildman–Crippen MR) is 112 cm³/mol. The van der Waals surface area contributed by atoms with Crippen LogP contribution in [-0.2, 0) is 0 Å². The van der Waals surface area contributed by atoms with Crippen molar-refractivity contribution in [2.75, 3.05) is 12.9 Å². The summed E-state index contributed by atoms with van der Waals surface area (Å²) in [6.07, 6.45) is 4.04. The van der Waals surface area contributed by atoms with Gasteiger partial charge in [-0.15, -0.1) is 0 Å². The molecular formula is C19H22ClNO2S2. The normalized spacial score (nSPS) is 11.5. The first-order chi connectivity index (χ1) is 11.9. The lowest BCUT2D eigenvalue weighted by Gasteiger charge is -2.08. The summed E-state index contributed by atoms with van der Waals surface area (Å²) in [5.74, 6) is 2.38. The van der Waals surface area contributed by atoms with Gasteiger partial charge in [0.25, 0.3) is 0 Å². The minimum absolute atomic E-state index is 0.488. The summed E-state index contributed by atoms with van der Waals surface area (Å²) < 4.78 is 11.4. The van der Waals surface area contributed by atoms with E-state index < -0.39 is 0 Å². The molecule has 0 aliphatic carbocycles. The van der Waals surface area contributed by atoms with Gasteiger partial charge in [0.1, 0.15) is 28.9 Å². The van der Waals surface area contributed by atoms with Gasteiger partial charge in [0.05, 0.1) is 10.7 Å². The van der Waals surface area contributed by atoms with Crippen LogP contribution in [0.3, 0.4) is 0 Å². The number of furan rings is 1. The molecule has 3 nitrogen and oxygen atoms in total. The van der Waals surface area contributed by atoms with E-state index in [2.05, 4.69) is 0 Å². The van der Waals surface area contributed by atoms with Crippen LogP contribution in [-0.4, -0.2) is 17.9 Å². The van der Waals surface area contributed by atoms with E-state index in [0.717, 1.165) is 27.8 Å². The molecule has 2 aromatic rings. The van der Waals surface area contributed by atoms with Crippen molar-refractivity contribution < 1.29 is 9.15 Å². The third-order valence-electron chi connectivity index (χ3n) is 3.31. The number of rotatable bonds is 6. The van der Waals surface area contributed by atoms with Gasteiger partial charge in [-0.25, -0.2) is 4.99 Å². The van der Waals surface area contributed by atoms with Gasteiger partial charge < -0.3 is 9.15 Å². The molecule has 0 spiro atoms. The zero-order valence-electron chi connectivity index (χ0n) is 15.1. The summed E-state index contributed by atoms with van der Waals surface area (Å²) in [5, 5.41) is 1.48. The molecule has 1 aromatic heterocycles. The van der Waals surface area contributed by atoms with E-state index in [0.29, 0.717) is 17.4 Å². The van der Waals surface area contributed by atoms with Crippen molar-refractivity contribution in [3.8, 4) is 5.75 Å². The number of ether oxygens (including phenoxy) is 1. The SMILES string of the molecule is CSSC(=Nc1ccc(Cl)c(OCC=C(C)C)c1)c1cc(C)oc1C. The summed E-state index contributed by atoms with van der Waals surface area (Å²) in [6.45, 7) is 8.45. The molecule has 0 saturated heterocycles. The molecule has 0 radical (unpaired) electrons. The third-order valence-corrected chi connectivity index (χ3v) is 5.23. The lowest BCUT2D eigenvalue weighted by molar-refractivity contribution is 0.362. The molecule has 0 bridgehead atoms. The van der Waals surface area contributed by atoms with Crippen molar-refractivity contribution in [3.05, 3.63) is 58.0 Å². The van der Waals surface area contributed by atoms with Crippen LogP contribution in [0.2, 0.25) is 5.02 Å².